The van der Waals surface area contributed by atoms with Crippen molar-refractivity contribution in [1.82, 2.24) is 9.91 Å². The van der Waals surface area contributed by atoms with Gasteiger partial charge in [0.1, 0.15) is 18.1 Å². The lowest BCUT2D eigenvalue weighted by atomic mass is 9.49. The summed E-state index contributed by atoms with van der Waals surface area (Å²) in [7, 11) is 1.55. The molecule has 272 valence electrons. The lowest BCUT2D eigenvalue weighted by Gasteiger charge is -2.50. The number of hydrogen-bond donors (Lipinski definition) is 2. The van der Waals surface area contributed by atoms with Crippen LogP contribution >= 0.6 is 34.5 Å². The first-order valence-electron chi connectivity index (χ1n) is 17.3. The van der Waals surface area contributed by atoms with Crippen LogP contribution in [0.5, 0.6) is 11.5 Å². The van der Waals surface area contributed by atoms with Crippen LogP contribution in [-0.2, 0) is 31.1 Å². The van der Waals surface area contributed by atoms with Gasteiger partial charge in [-0.3, -0.25) is 29.5 Å². The number of halogens is 2. The Hall–Kier alpha value is -4.68. The van der Waals surface area contributed by atoms with Crippen LogP contribution in [0.15, 0.2) is 95.9 Å². The van der Waals surface area contributed by atoms with Gasteiger partial charge < -0.3 is 14.6 Å². The molecule has 10 nitrogen and oxygen atoms in total. The number of anilines is 1. The second kappa shape index (κ2) is 13.9. The molecule has 4 aromatic rings. The van der Waals surface area contributed by atoms with Gasteiger partial charge in [-0.15, -0.1) is 11.3 Å². The van der Waals surface area contributed by atoms with E-state index in [4.69, 9.17) is 32.7 Å². The molecule has 2 saturated heterocycles. The van der Waals surface area contributed by atoms with Gasteiger partial charge in [-0.25, -0.2) is 0 Å². The molecular weight excluding hydrogens is 737 g/mol. The fraction of sp³-hybridized carbons (Fsp3) is 0.300. The Bertz CT molecular complexity index is 2140. The molecule has 8 rings (SSSR count). The molecule has 0 spiro atoms. The highest BCUT2D eigenvalue weighted by atomic mass is 35.5. The van der Waals surface area contributed by atoms with Gasteiger partial charge in [-0.2, -0.15) is 5.01 Å². The second-order valence-corrected chi connectivity index (χ2v) is 15.5. The summed E-state index contributed by atoms with van der Waals surface area (Å²) in [6.45, 7) is -0.0635. The molecule has 3 aromatic carbocycles. The minimum atomic E-state index is -1.54. The number of aliphatic hydroxyl groups is 1. The van der Waals surface area contributed by atoms with Crippen molar-refractivity contribution in [1.29, 1.82) is 0 Å². The van der Waals surface area contributed by atoms with Crippen LogP contribution in [-0.4, -0.2) is 59.0 Å². The molecule has 0 bridgehead atoms. The van der Waals surface area contributed by atoms with Crippen LogP contribution < -0.4 is 14.9 Å². The molecule has 6 atom stereocenters. The molecule has 2 aliphatic carbocycles. The molecule has 3 heterocycles. The number of methoxy groups -OCH3 is 1. The minimum absolute atomic E-state index is 0.00381. The first kappa shape index (κ1) is 35.4. The zero-order valence-electron chi connectivity index (χ0n) is 28.5. The van der Waals surface area contributed by atoms with Crippen LogP contribution in [0, 0.1) is 23.7 Å². The summed E-state index contributed by atoms with van der Waals surface area (Å²) in [5.41, 5.74) is 3.78. The third-order valence-corrected chi connectivity index (χ3v) is 12.6. The van der Waals surface area contributed by atoms with Gasteiger partial charge in [0.15, 0.2) is 0 Å². The van der Waals surface area contributed by atoms with E-state index in [1.54, 1.807) is 55.6 Å². The Morgan fingerprint density at radius 2 is 1.74 bits per heavy atom. The van der Waals surface area contributed by atoms with Gasteiger partial charge in [0.2, 0.25) is 11.8 Å². The van der Waals surface area contributed by atoms with Gasteiger partial charge in [0.05, 0.1) is 54.1 Å². The molecule has 3 fully saturated rings. The first-order valence-corrected chi connectivity index (χ1v) is 19.0. The van der Waals surface area contributed by atoms with Crippen molar-refractivity contribution in [3.05, 3.63) is 122 Å². The number of nitrogens with zero attached hydrogens (tertiary/aromatic N) is 2. The molecule has 2 aliphatic heterocycles. The van der Waals surface area contributed by atoms with E-state index in [0.717, 1.165) is 15.5 Å². The maximum absolute atomic E-state index is 15.5. The number of rotatable bonds is 10. The SMILES string of the molecule is COc1ccc(C23C(=O)N(Nc4ccc(Cl)cc4Cl)C(=O)C2CC2C(=CCC4C(=O)N(Cc5cccs5)C(=O)C42)C3c2ccccc2OCCO)cc1. The molecule has 13 heteroatoms. The summed E-state index contributed by atoms with van der Waals surface area (Å²) in [4.78, 5) is 61.1. The van der Waals surface area contributed by atoms with E-state index in [2.05, 4.69) is 5.43 Å². The average Bonchev–Trinajstić information content (AvgIpc) is 3.83. The van der Waals surface area contributed by atoms with Gasteiger partial charge in [-0.05, 0) is 72.2 Å². The molecule has 1 saturated carbocycles. The normalized spacial score (nSPS) is 26.3. The standard InChI is InChI=1S/C40H35Cl2N3O7S/c1-51-24-11-8-22(9-12-24)40-30(37(48)45(39(40)50)43-32-15-10-23(41)19-31(32)42)20-29-26(35(40)27-6-2-3-7-33(27)52-17-16-46)13-14-28-34(29)38(49)44(36(28)47)21-25-5-4-18-53-25/h2-13,15,18-19,28-30,34-35,43,46H,14,16-17,20-21H2,1H3. The number of likely N-dealkylation sites (tertiary alicyclic amines) is 1. The van der Waals surface area contributed by atoms with E-state index in [0.29, 0.717) is 39.8 Å². The maximum Gasteiger partial charge on any atom is 0.260 e. The number of carbonyl (C=O) groups is 4. The number of aliphatic hydroxyl groups excluding tert-OH is 1. The Morgan fingerprint density at radius 3 is 2.45 bits per heavy atom. The van der Waals surface area contributed by atoms with Crippen molar-refractivity contribution >= 4 is 63.9 Å². The van der Waals surface area contributed by atoms with E-state index in [-0.39, 0.29) is 43.0 Å². The number of amides is 4. The smallest absolute Gasteiger partial charge is 0.260 e. The number of para-hydroxylation sites is 1. The minimum Gasteiger partial charge on any atom is -0.497 e. The maximum atomic E-state index is 15.5. The lowest BCUT2D eigenvalue weighted by Crippen LogP contribution is -2.53. The number of hydrogen-bond acceptors (Lipinski definition) is 9. The number of thiophene rings is 1. The molecule has 0 radical (unpaired) electrons. The van der Waals surface area contributed by atoms with Crippen molar-refractivity contribution in [3.63, 3.8) is 0 Å². The molecule has 4 amide bonds. The highest BCUT2D eigenvalue weighted by Crippen LogP contribution is 2.65. The van der Waals surface area contributed by atoms with Crippen LogP contribution in [0.4, 0.5) is 5.69 Å². The van der Waals surface area contributed by atoms with E-state index < -0.39 is 46.8 Å². The topological polar surface area (TPSA) is 125 Å². The van der Waals surface area contributed by atoms with E-state index in [1.165, 1.54) is 22.3 Å². The number of hydrazine groups is 1. The van der Waals surface area contributed by atoms with Crippen LogP contribution in [0.2, 0.25) is 10.0 Å². The van der Waals surface area contributed by atoms with E-state index in [1.807, 2.05) is 35.7 Å². The summed E-state index contributed by atoms with van der Waals surface area (Å²) in [5.74, 6) is -4.16. The predicted molar refractivity (Wildman–Crippen MR) is 200 cm³/mol. The fourth-order valence-electron chi connectivity index (χ4n) is 8.97. The third-order valence-electron chi connectivity index (χ3n) is 11.1. The Morgan fingerprint density at radius 1 is 0.943 bits per heavy atom. The highest BCUT2D eigenvalue weighted by molar-refractivity contribution is 7.09. The number of benzene rings is 3. The number of ether oxygens (including phenoxy) is 2. The van der Waals surface area contributed by atoms with Crippen molar-refractivity contribution in [2.45, 2.75) is 30.7 Å². The quantitative estimate of drug-likeness (QED) is 0.136. The Balaban J connectivity index is 1.33. The monoisotopic (exact) mass is 771 g/mol. The summed E-state index contributed by atoms with van der Waals surface area (Å²) in [6.07, 6.45) is 2.44. The number of allylic oxidation sites excluding steroid dienone is 2. The molecular formula is C40H35Cl2N3O7S. The highest BCUT2D eigenvalue weighted by Gasteiger charge is 2.70. The summed E-state index contributed by atoms with van der Waals surface area (Å²) in [6, 6.07) is 22.9. The average molecular weight is 773 g/mol. The molecule has 4 aliphatic rings. The largest absolute Gasteiger partial charge is 0.497 e. The number of imide groups is 2. The first-order chi connectivity index (χ1) is 25.7. The van der Waals surface area contributed by atoms with Crippen molar-refractivity contribution in [3.8, 4) is 11.5 Å². The summed E-state index contributed by atoms with van der Waals surface area (Å²) in [5, 5.41) is 13.3. The number of carbonyl (C=O) groups excluding carboxylic acids is 4. The predicted octanol–water partition coefficient (Wildman–Crippen LogP) is 6.62. The molecule has 53 heavy (non-hydrogen) atoms. The van der Waals surface area contributed by atoms with Crippen molar-refractivity contribution in [2.75, 3.05) is 25.7 Å². The van der Waals surface area contributed by atoms with Gasteiger partial charge in [-0.1, -0.05) is 71.2 Å². The number of fused-ring (bicyclic) bond motifs is 4. The zero-order valence-corrected chi connectivity index (χ0v) is 30.9. The lowest BCUT2D eigenvalue weighted by molar-refractivity contribution is -0.141. The number of nitrogens with one attached hydrogen (secondary N) is 1. The van der Waals surface area contributed by atoms with Crippen LogP contribution in [0.1, 0.15) is 34.8 Å². The molecule has 2 N–H and O–H groups in total. The molecule has 6 unspecified atom stereocenters. The van der Waals surface area contributed by atoms with Gasteiger partial charge in [0.25, 0.3) is 11.8 Å². The Kier molecular flexibility index (Phi) is 9.30. The second-order valence-electron chi connectivity index (χ2n) is 13.7. The van der Waals surface area contributed by atoms with E-state index in [9.17, 15) is 19.5 Å². The van der Waals surface area contributed by atoms with Gasteiger partial charge >= 0.3 is 0 Å². The summed E-state index contributed by atoms with van der Waals surface area (Å²) >= 11 is 14.2. The van der Waals surface area contributed by atoms with E-state index >= 15 is 4.79 Å². The van der Waals surface area contributed by atoms with Crippen molar-refractivity contribution in [2.24, 2.45) is 23.7 Å². The van der Waals surface area contributed by atoms with Gasteiger partial charge in [0, 0.05) is 21.4 Å². The van der Waals surface area contributed by atoms with Crippen LogP contribution in [0.25, 0.3) is 0 Å². The van der Waals surface area contributed by atoms with Crippen molar-refractivity contribution < 1.29 is 33.8 Å². The molecule has 1 aromatic heterocycles. The Labute approximate surface area is 319 Å². The zero-order chi connectivity index (χ0) is 37.0. The fourth-order valence-corrected chi connectivity index (χ4v) is 10.1. The third kappa shape index (κ3) is 5.64. The van der Waals surface area contributed by atoms with Crippen LogP contribution in [0.3, 0.4) is 0 Å². The summed E-state index contributed by atoms with van der Waals surface area (Å²) < 4.78 is 11.6.